The van der Waals surface area contributed by atoms with Gasteiger partial charge in [0.05, 0.1) is 50.1 Å². The molecular formula is C25H30N2O7. The predicted molar refractivity (Wildman–Crippen MR) is 123 cm³/mol. The molecule has 0 bridgehead atoms. The first-order valence-corrected chi connectivity index (χ1v) is 11.1. The Bertz CT molecular complexity index is 1030. The number of carbonyl (C=O) groups is 2. The van der Waals surface area contributed by atoms with Crippen LogP contribution in [0.2, 0.25) is 0 Å². The summed E-state index contributed by atoms with van der Waals surface area (Å²) in [6.45, 7) is 9.71. The summed E-state index contributed by atoms with van der Waals surface area (Å²) in [5, 5.41) is 0. The van der Waals surface area contributed by atoms with Crippen molar-refractivity contribution < 1.29 is 33.3 Å². The number of hydrogen-bond acceptors (Lipinski definition) is 9. The lowest BCUT2D eigenvalue weighted by Crippen LogP contribution is -2.24. The molecule has 0 aliphatic carbocycles. The second-order valence-corrected chi connectivity index (χ2v) is 7.85. The van der Waals surface area contributed by atoms with Crippen molar-refractivity contribution in [1.29, 1.82) is 0 Å². The average molecular weight is 471 g/mol. The van der Waals surface area contributed by atoms with Crippen LogP contribution < -0.4 is 0 Å². The summed E-state index contributed by atoms with van der Waals surface area (Å²) in [6.07, 6.45) is 2.40. The molecule has 9 nitrogen and oxygen atoms in total. The Balaban J connectivity index is 0.000000202. The van der Waals surface area contributed by atoms with Crippen LogP contribution in [0.3, 0.4) is 0 Å². The maximum absolute atomic E-state index is 11.6. The molecule has 0 unspecified atom stereocenters. The monoisotopic (exact) mass is 470 g/mol. The molecule has 4 heterocycles. The molecule has 0 saturated carbocycles. The van der Waals surface area contributed by atoms with Crippen LogP contribution >= 0.6 is 0 Å². The average Bonchev–Trinajstić information content (AvgIpc) is 3.50. The lowest BCUT2D eigenvalue weighted by atomic mass is 10.1. The third-order valence-corrected chi connectivity index (χ3v) is 5.23. The van der Waals surface area contributed by atoms with Gasteiger partial charge >= 0.3 is 5.97 Å². The highest BCUT2D eigenvalue weighted by Gasteiger charge is 2.35. The van der Waals surface area contributed by atoms with Crippen molar-refractivity contribution in [2.75, 3.05) is 33.0 Å². The third-order valence-electron chi connectivity index (χ3n) is 5.23. The Labute approximate surface area is 199 Å². The Morgan fingerprint density at radius 1 is 0.912 bits per heavy atom. The summed E-state index contributed by atoms with van der Waals surface area (Å²) in [4.78, 5) is 30.7. The normalized spacial score (nSPS) is 18.6. The summed E-state index contributed by atoms with van der Waals surface area (Å²) in [5.74, 6) is -1.93. The Kier molecular flexibility index (Phi) is 8.62. The van der Waals surface area contributed by atoms with E-state index >= 15 is 0 Å². The van der Waals surface area contributed by atoms with E-state index in [0.717, 1.165) is 0 Å². The van der Waals surface area contributed by atoms with Gasteiger partial charge in [-0.3, -0.25) is 4.79 Å². The van der Waals surface area contributed by atoms with Crippen molar-refractivity contribution in [2.45, 2.75) is 39.3 Å². The van der Waals surface area contributed by atoms with Gasteiger partial charge in [-0.25, -0.2) is 14.8 Å². The Morgan fingerprint density at radius 3 is 1.85 bits per heavy atom. The largest absolute Gasteiger partial charge is 0.463 e. The van der Waals surface area contributed by atoms with E-state index in [1.165, 1.54) is 0 Å². The van der Waals surface area contributed by atoms with Crippen LogP contribution in [0.15, 0.2) is 42.0 Å². The molecule has 2 aromatic rings. The number of ether oxygens (including phenoxy) is 5. The molecule has 2 aliphatic rings. The van der Waals surface area contributed by atoms with Crippen molar-refractivity contribution in [3.05, 3.63) is 64.7 Å². The summed E-state index contributed by atoms with van der Waals surface area (Å²) in [5.41, 5.74) is 2.91. The molecule has 0 aromatic carbocycles. The quantitative estimate of drug-likeness (QED) is 0.357. The van der Waals surface area contributed by atoms with Gasteiger partial charge in [-0.15, -0.1) is 0 Å². The maximum atomic E-state index is 11.6. The fraction of sp³-hybridized carbons (Fsp3) is 0.440. The van der Waals surface area contributed by atoms with Gasteiger partial charge in [-0.1, -0.05) is 12.1 Å². The molecule has 2 saturated heterocycles. The molecule has 2 aromatic heterocycles. The Hall–Kier alpha value is -2.98. The van der Waals surface area contributed by atoms with E-state index in [4.69, 9.17) is 23.7 Å². The van der Waals surface area contributed by atoms with Crippen molar-refractivity contribution >= 4 is 18.3 Å². The van der Waals surface area contributed by atoms with E-state index in [-0.39, 0.29) is 5.97 Å². The minimum Gasteiger partial charge on any atom is -0.463 e. The van der Waals surface area contributed by atoms with Crippen LogP contribution in [-0.2, 0) is 40.1 Å². The van der Waals surface area contributed by atoms with E-state index in [9.17, 15) is 9.59 Å². The number of carbonyl (C=O) groups excluding carboxylic acids is 2. The van der Waals surface area contributed by atoms with Gasteiger partial charge in [-0.2, -0.15) is 0 Å². The highest BCUT2D eigenvalue weighted by Crippen LogP contribution is 2.30. The molecule has 0 atom stereocenters. The number of pyridine rings is 2. The first-order valence-electron chi connectivity index (χ1n) is 11.1. The molecule has 0 radical (unpaired) electrons. The molecule has 0 amide bonds. The molecule has 2 fully saturated rings. The zero-order valence-corrected chi connectivity index (χ0v) is 19.9. The lowest BCUT2D eigenvalue weighted by Gasteiger charge is -2.21. The number of aldehydes is 1. The molecule has 0 spiro atoms. The number of aromatic nitrogens is 2. The van der Waals surface area contributed by atoms with E-state index in [1.807, 2.05) is 25.1 Å². The van der Waals surface area contributed by atoms with Crippen molar-refractivity contribution in [3.63, 3.8) is 0 Å². The summed E-state index contributed by atoms with van der Waals surface area (Å²) < 4.78 is 26.9. The smallest absolute Gasteiger partial charge is 0.333 e. The van der Waals surface area contributed by atoms with E-state index < -0.39 is 11.6 Å². The van der Waals surface area contributed by atoms with Crippen LogP contribution in [0, 0.1) is 0 Å². The predicted octanol–water partition coefficient (Wildman–Crippen LogP) is 3.38. The van der Waals surface area contributed by atoms with E-state index in [1.54, 1.807) is 45.0 Å². The molecule has 34 heavy (non-hydrogen) atoms. The molecular weight excluding hydrogens is 440 g/mol. The van der Waals surface area contributed by atoms with Crippen LogP contribution in [0.5, 0.6) is 0 Å². The zero-order valence-electron chi connectivity index (χ0n) is 19.9. The van der Waals surface area contributed by atoms with Gasteiger partial charge in [0.15, 0.2) is 6.29 Å². The second kappa shape index (κ2) is 11.4. The van der Waals surface area contributed by atoms with Crippen LogP contribution in [-0.4, -0.2) is 55.3 Å². The fourth-order valence-corrected chi connectivity index (χ4v) is 3.41. The molecule has 4 rings (SSSR count). The second-order valence-electron chi connectivity index (χ2n) is 7.85. The zero-order chi connectivity index (χ0) is 24.6. The van der Waals surface area contributed by atoms with Crippen LogP contribution in [0.4, 0.5) is 0 Å². The first kappa shape index (κ1) is 25.6. The first-order chi connectivity index (χ1) is 16.3. The standard InChI is InChI=1S/C15H19NO4.C10H11NO3/c1-4-18-14(17)11(2)10-12-6-5-7-13(16-12)15(3)19-8-9-20-15;1-10(13-5-6-14-10)9-4-2-3-8(7-12)11-9/h5-7,10H,4,8-9H2,1-3H3;2-4,7H,5-6H2,1H3/b11-10+;. The van der Waals surface area contributed by atoms with Gasteiger partial charge in [0.1, 0.15) is 5.69 Å². The van der Waals surface area contributed by atoms with Crippen LogP contribution in [0.25, 0.3) is 6.08 Å². The number of nitrogens with zero attached hydrogens (tertiary/aromatic N) is 2. The van der Waals surface area contributed by atoms with Gasteiger partial charge < -0.3 is 23.7 Å². The van der Waals surface area contributed by atoms with E-state index in [0.29, 0.717) is 67.7 Å². The van der Waals surface area contributed by atoms with Gasteiger partial charge in [0.25, 0.3) is 0 Å². The van der Waals surface area contributed by atoms with Crippen molar-refractivity contribution in [3.8, 4) is 0 Å². The SMILES string of the molecule is CC1(c2cccc(C=O)n2)OCCO1.CCOC(=O)/C(C)=C/c1cccc(C2(C)OCCO2)n1. The van der Waals surface area contributed by atoms with Gasteiger partial charge in [0.2, 0.25) is 11.6 Å². The molecule has 0 N–H and O–H groups in total. The number of rotatable bonds is 6. The lowest BCUT2D eigenvalue weighted by molar-refractivity contribution is -0.153. The van der Waals surface area contributed by atoms with Crippen molar-refractivity contribution in [1.82, 2.24) is 9.97 Å². The van der Waals surface area contributed by atoms with E-state index in [2.05, 4.69) is 9.97 Å². The number of hydrogen-bond donors (Lipinski definition) is 0. The highest BCUT2D eigenvalue weighted by atomic mass is 16.7. The fourth-order valence-electron chi connectivity index (χ4n) is 3.41. The molecule has 182 valence electrons. The Morgan fingerprint density at radius 2 is 1.38 bits per heavy atom. The topological polar surface area (TPSA) is 106 Å². The number of esters is 1. The van der Waals surface area contributed by atoms with Crippen LogP contribution in [0.1, 0.15) is 55.3 Å². The highest BCUT2D eigenvalue weighted by molar-refractivity contribution is 5.92. The summed E-state index contributed by atoms with van der Waals surface area (Å²) in [6, 6.07) is 10.7. The minimum atomic E-state index is -0.804. The minimum absolute atomic E-state index is 0.334. The van der Waals surface area contributed by atoms with Gasteiger partial charge in [-0.05, 0) is 58.0 Å². The summed E-state index contributed by atoms with van der Waals surface area (Å²) in [7, 11) is 0. The maximum Gasteiger partial charge on any atom is 0.333 e. The molecule has 2 aliphatic heterocycles. The van der Waals surface area contributed by atoms with Gasteiger partial charge in [0, 0.05) is 5.57 Å². The molecule has 9 heteroatoms. The summed E-state index contributed by atoms with van der Waals surface area (Å²) >= 11 is 0. The third kappa shape index (κ3) is 6.32. The van der Waals surface area contributed by atoms with Crippen molar-refractivity contribution in [2.24, 2.45) is 0 Å².